The van der Waals surface area contributed by atoms with Crippen molar-refractivity contribution in [3.63, 3.8) is 0 Å². The number of anilines is 1. The number of nitrogens with zero attached hydrogens (tertiary/aromatic N) is 3. The summed E-state index contributed by atoms with van der Waals surface area (Å²) in [5, 5.41) is 27.8. The van der Waals surface area contributed by atoms with Crippen LogP contribution in [0.3, 0.4) is 0 Å². The van der Waals surface area contributed by atoms with Crippen molar-refractivity contribution in [2.24, 2.45) is 5.41 Å². The predicted octanol–water partition coefficient (Wildman–Crippen LogP) is 3.32. The molecule has 3 aromatic heterocycles. The van der Waals surface area contributed by atoms with Crippen LogP contribution in [0.5, 0.6) is 0 Å². The van der Waals surface area contributed by atoms with Crippen LogP contribution in [0.25, 0.3) is 21.9 Å². The van der Waals surface area contributed by atoms with Gasteiger partial charge in [0.05, 0.1) is 22.1 Å². The minimum Gasteiger partial charge on any atom is -0.390 e. The molecule has 1 spiro atoms. The predicted molar refractivity (Wildman–Crippen MR) is 127 cm³/mol. The summed E-state index contributed by atoms with van der Waals surface area (Å²) in [7, 11) is 0. The highest BCUT2D eigenvalue weighted by molar-refractivity contribution is 9.10. The molecule has 5 atom stereocenters. The van der Waals surface area contributed by atoms with Crippen LogP contribution in [0.15, 0.2) is 59.3 Å². The standard InChI is InChI=1S/C24H24BrN5O2/c25-16-8-14-3-4-15(9-17(14)29-22(16)26)18-10-24(12-28-18)11-19(20(31)21(24)32)30-7-5-13-2-1-6-27-23(13)30/h1-9,18-21,28,31-32H,10-12H2,(H2,26,29)/t18-,19-,20+,21+,24+/m1/s1. The molecule has 1 saturated carbocycles. The number of hydrogen-bond donors (Lipinski definition) is 4. The molecule has 1 aliphatic carbocycles. The third-order valence-electron chi connectivity index (χ3n) is 7.33. The number of benzene rings is 1. The number of rotatable bonds is 2. The molecule has 164 valence electrons. The lowest BCUT2D eigenvalue weighted by Gasteiger charge is -2.27. The van der Waals surface area contributed by atoms with Crippen LogP contribution in [0, 0.1) is 5.41 Å². The Hall–Kier alpha value is -2.52. The molecule has 2 aliphatic rings. The van der Waals surface area contributed by atoms with E-state index in [1.807, 2.05) is 35.0 Å². The number of halogens is 1. The summed E-state index contributed by atoms with van der Waals surface area (Å²) in [4.78, 5) is 9.00. The molecule has 8 heteroatoms. The number of aliphatic hydroxyl groups excluding tert-OH is 2. The Labute approximate surface area is 193 Å². The molecule has 7 nitrogen and oxygen atoms in total. The van der Waals surface area contributed by atoms with Gasteiger partial charge in [0.15, 0.2) is 0 Å². The Bertz CT molecular complexity index is 1340. The van der Waals surface area contributed by atoms with Crippen molar-refractivity contribution < 1.29 is 10.2 Å². The van der Waals surface area contributed by atoms with Crippen LogP contribution < -0.4 is 11.1 Å². The average molecular weight is 494 g/mol. The largest absolute Gasteiger partial charge is 0.390 e. The van der Waals surface area contributed by atoms with Crippen LogP contribution in [-0.2, 0) is 0 Å². The highest BCUT2D eigenvalue weighted by Crippen LogP contribution is 2.52. The summed E-state index contributed by atoms with van der Waals surface area (Å²) < 4.78 is 2.81. The van der Waals surface area contributed by atoms with Crippen LogP contribution in [-0.4, -0.2) is 43.5 Å². The van der Waals surface area contributed by atoms with Gasteiger partial charge in [0.1, 0.15) is 17.6 Å². The van der Waals surface area contributed by atoms with Gasteiger partial charge in [-0.25, -0.2) is 9.97 Å². The normalized spacial score (nSPS) is 30.1. The van der Waals surface area contributed by atoms with Crippen molar-refractivity contribution in [3.05, 3.63) is 64.9 Å². The maximum Gasteiger partial charge on any atom is 0.140 e. The number of nitrogen functional groups attached to an aromatic ring is 1. The van der Waals surface area contributed by atoms with Gasteiger partial charge in [0.2, 0.25) is 0 Å². The number of aromatic nitrogens is 3. The highest BCUT2D eigenvalue weighted by Gasteiger charge is 2.56. The first-order valence-corrected chi connectivity index (χ1v) is 11.6. The summed E-state index contributed by atoms with van der Waals surface area (Å²) >= 11 is 3.43. The molecule has 1 saturated heterocycles. The van der Waals surface area contributed by atoms with Gasteiger partial charge in [-0.15, -0.1) is 0 Å². The SMILES string of the molecule is Nc1nc2cc([C@H]3C[C@@]4(CN3)C[C@@H](n3ccc5cccnc53)[C@H](O)[C@@H]4O)ccc2cc1Br. The first-order chi connectivity index (χ1) is 15.4. The van der Waals surface area contributed by atoms with E-state index in [4.69, 9.17) is 5.73 Å². The number of nitrogens with two attached hydrogens (primary N) is 1. The Kier molecular flexibility index (Phi) is 4.55. The average Bonchev–Trinajstić information content (AvgIpc) is 3.48. The first kappa shape index (κ1) is 20.1. The second-order valence-electron chi connectivity index (χ2n) is 9.15. The van der Waals surface area contributed by atoms with Crippen LogP contribution in [0.4, 0.5) is 5.82 Å². The number of aliphatic hydroxyl groups is 2. The Morgan fingerprint density at radius 1 is 1.12 bits per heavy atom. The van der Waals surface area contributed by atoms with E-state index < -0.39 is 17.6 Å². The Balaban J connectivity index is 1.30. The second kappa shape index (κ2) is 7.25. The van der Waals surface area contributed by atoms with Crippen molar-refractivity contribution in [1.29, 1.82) is 0 Å². The van der Waals surface area contributed by atoms with E-state index in [2.05, 4.69) is 49.4 Å². The summed E-state index contributed by atoms with van der Waals surface area (Å²) in [6, 6.07) is 14.0. The zero-order chi connectivity index (χ0) is 22.0. The molecule has 4 heterocycles. The highest BCUT2D eigenvalue weighted by atomic mass is 79.9. The van der Waals surface area contributed by atoms with E-state index >= 15 is 0 Å². The number of pyridine rings is 2. The van der Waals surface area contributed by atoms with Crippen molar-refractivity contribution in [3.8, 4) is 0 Å². The number of fused-ring (bicyclic) bond motifs is 2. The van der Waals surface area contributed by atoms with E-state index in [0.717, 1.165) is 38.4 Å². The molecule has 0 amide bonds. The molecule has 5 N–H and O–H groups in total. The molecule has 0 unspecified atom stereocenters. The van der Waals surface area contributed by atoms with E-state index in [0.29, 0.717) is 18.8 Å². The van der Waals surface area contributed by atoms with Crippen LogP contribution >= 0.6 is 15.9 Å². The molecular weight excluding hydrogens is 470 g/mol. The van der Waals surface area contributed by atoms with Gasteiger partial charge in [-0.3, -0.25) is 0 Å². The lowest BCUT2D eigenvalue weighted by Crippen LogP contribution is -2.38. The summed E-state index contributed by atoms with van der Waals surface area (Å²) in [6.45, 7) is 0.646. The lowest BCUT2D eigenvalue weighted by atomic mass is 9.80. The van der Waals surface area contributed by atoms with Gasteiger partial charge >= 0.3 is 0 Å². The molecule has 0 radical (unpaired) electrons. The maximum atomic E-state index is 11.1. The Morgan fingerprint density at radius 2 is 2.00 bits per heavy atom. The smallest absolute Gasteiger partial charge is 0.140 e. The third-order valence-corrected chi connectivity index (χ3v) is 7.97. The fourth-order valence-corrected chi connectivity index (χ4v) is 5.97. The van der Waals surface area contributed by atoms with Crippen molar-refractivity contribution in [2.75, 3.05) is 12.3 Å². The molecular formula is C24H24BrN5O2. The Morgan fingerprint density at radius 3 is 2.88 bits per heavy atom. The fourth-order valence-electron chi connectivity index (χ4n) is 5.63. The fraction of sp³-hybridized carbons (Fsp3) is 0.333. The van der Waals surface area contributed by atoms with Gasteiger partial charge in [-0.05, 0) is 64.7 Å². The zero-order valence-corrected chi connectivity index (χ0v) is 18.9. The molecule has 6 rings (SSSR count). The summed E-state index contributed by atoms with van der Waals surface area (Å²) in [5.41, 5.74) is 8.38. The molecule has 4 aromatic rings. The molecule has 2 fully saturated rings. The summed E-state index contributed by atoms with van der Waals surface area (Å²) in [6.07, 6.45) is 3.50. The van der Waals surface area contributed by atoms with E-state index in [-0.39, 0.29) is 12.1 Å². The maximum absolute atomic E-state index is 11.1. The van der Waals surface area contributed by atoms with Crippen molar-refractivity contribution in [2.45, 2.75) is 37.1 Å². The molecule has 1 aliphatic heterocycles. The minimum atomic E-state index is -0.844. The van der Waals surface area contributed by atoms with Crippen molar-refractivity contribution in [1.82, 2.24) is 19.9 Å². The number of hydrogen-bond acceptors (Lipinski definition) is 6. The van der Waals surface area contributed by atoms with E-state index in [1.54, 1.807) is 6.20 Å². The van der Waals surface area contributed by atoms with E-state index in [1.165, 1.54) is 0 Å². The lowest BCUT2D eigenvalue weighted by molar-refractivity contribution is -0.0218. The second-order valence-corrected chi connectivity index (χ2v) is 10.0. The quantitative estimate of drug-likeness (QED) is 0.341. The van der Waals surface area contributed by atoms with Crippen LogP contribution in [0.2, 0.25) is 0 Å². The van der Waals surface area contributed by atoms with Crippen molar-refractivity contribution >= 4 is 43.7 Å². The van der Waals surface area contributed by atoms with Gasteiger partial charge in [-0.2, -0.15) is 0 Å². The molecule has 1 aromatic carbocycles. The molecule has 32 heavy (non-hydrogen) atoms. The van der Waals surface area contributed by atoms with Gasteiger partial charge in [-0.1, -0.05) is 12.1 Å². The minimum absolute atomic E-state index is 0.0752. The van der Waals surface area contributed by atoms with Gasteiger partial charge < -0.3 is 25.8 Å². The summed E-state index contributed by atoms with van der Waals surface area (Å²) in [5.74, 6) is 0.468. The van der Waals surface area contributed by atoms with Crippen LogP contribution in [0.1, 0.15) is 30.5 Å². The third kappa shape index (κ3) is 2.97. The topological polar surface area (TPSA) is 109 Å². The zero-order valence-electron chi connectivity index (χ0n) is 17.3. The van der Waals surface area contributed by atoms with Gasteiger partial charge in [0.25, 0.3) is 0 Å². The van der Waals surface area contributed by atoms with Gasteiger partial charge in [0, 0.05) is 41.2 Å². The monoisotopic (exact) mass is 493 g/mol. The van der Waals surface area contributed by atoms with E-state index in [9.17, 15) is 10.2 Å². The number of nitrogens with one attached hydrogen (secondary N) is 1. The molecule has 0 bridgehead atoms. The first-order valence-electron chi connectivity index (χ1n) is 10.8.